The largest absolute Gasteiger partial charge is 0.469 e. The zero-order valence-corrected chi connectivity index (χ0v) is 17.6. The molecule has 0 aliphatic heterocycles. The highest BCUT2D eigenvalue weighted by Gasteiger charge is 2.17. The summed E-state index contributed by atoms with van der Waals surface area (Å²) in [6.45, 7) is 8.34. The zero-order valence-electron chi connectivity index (χ0n) is 16.0. The van der Waals surface area contributed by atoms with Crippen LogP contribution in [0.25, 0.3) is 0 Å². The minimum absolute atomic E-state index is 0.270. The molecule has 0 saturated carbocycles. The fourth-order valence-electron chi connectivity index (χ4n) is 1.99. The third-order valence-electron chi connectivity index (χ3n) is 3.55. The first kappa shape index (κ1) is 23.7. The molecule has 0 aliphatic rings. The van der Waals surface area contributed by atoms with Gasteiger partial charge in [0, 0.05) is 9.90 Å². The van der Waals surface area contributed by atoms with Crippen LogP contribution < -0.4 is 0 Å². The summed E-state index contributed by atoms with van der Waals surface area (Å²) < 4.78 is 4.62. The third-order valence-corrected chi connectivity index (χ3v) is 4.69. The first-order chi connectivity index (χ1) is 12.0. The van der Waals surface area contributed by atoms with E-state index in [1.165, 1.54) is 37.7 Å². The van der Waals surface area contributed by atoms with E-state index in [-0.39, 0.29) is 11.9 Å². The predicted molar refractivity (Wildman–Crippen MR) is 111 cm³/mol. The van der Waals surface area contributed by atoms with Gasteiger partial charge in [0.05, 0.1) is 13.0 Å². The fourth-order valence-corrected chi connectivity index (χ4v) is 2.82. The van der Waals surface area contributed by atoms with Crippen LogP contribution in [0.3, 0.4) is 0 Å². The van der Waals surface area contributed by atoms with Gasteiger partial charge in [-0.15, -0.1) is 11.3 Å². The average Bonchev–Trinajstić information content (AvgIpc) is 3.11. The number of carbonyl (C=O) groups is 1. The second-order valence-corrected chi connectivity index (χ2v) is 7.26. The number of benzene rings is 1. The summed E-state index contributed by atoms with van der Waals surface area (Å²) in [6, 6.07) is 11.4. The van der Waals surface area contributed by atoms with Crippen molar-refractivity contribution in [2.75, 3.05) is 7.11 Å². The normalized spacial score (nSPS) is 10.6. The SMILES string of the molecule is CCCCCC.COC(=O)C(C)c1ccccc1Cl.Cc1cccs1. The molecule has 1 heterocycles. The highest BCUT2D eigenvalue weighted by Crippen LogP contribution is 2.24. The summed E-state index contributed by atoms with van der Waals surface area (Å²) >= 11 is 7.69. The Morgan fingerprint density at radius 3 is 2.08 bits per heavy atom. The number of methoxy groups -OCH3 is 1. The molecule has 1 aromatic heterocycles. The van der Waals surface area contributed by atoms with Crippen molar-refractivity contribution in [3.8, 4) is 0 Å². The number of ether oxygens (including phenoxy) is 1. The van der Waals surface area contributed by atoms with Crippen LogP contribution in [-0.2, 0) is 9.53 Å². The van der Waals surface area contributed by atoms with Gasteiger partial charge in [0.2, 0.25) is 0 Å². The molecule has 0 N–H and O–H groups in total. The van der Waals surface area contributed by atoms with E-state index in [1.807, 2.05) is 18.2 Å². The van der Waals surface area contributed by atoms with Gasteiger partial charge in [-0.05, 0) is 36.9 Å². The van der Waals surface area contributed by atoms with Crippen molar-refractivity contribution in [2.24, 2.45) is 0 Å². The average molecular weight is 383 g/mol. The monoisotopic (exact) mass is 382 g/mol. The molecule has 2 aromatic rings. The van der Waals surface area contributed by atoms with Crippen molar-refractivity contribution in [2.45, 2.75) is 59.3 Å². The van der Waals surface area contributed by atoms with Gasteiger partial charge in [-0.2, -0.15) is 0 Å². The number of carbonyl (C=O) groups excluding carboxylic acids is 1. The van der Waals surface area contributed by atoms with Crippen LogP contribution in [0, 0.1) is 6.92 Å². The molecule has 4 heteroatoms. The number of thiophene rings is 1. The third kappa shape index (κ3) is 11.0. The maximum absolute atomic E-state index is 11.2. The van der Waals surface area contributed by atoms with Crippen molar-refractivity contribution in [1.82, 2.24) is 0 Å². The lowest BCUT2D eigenvalue weighted by Gasteiger charge is -2.10. The maximum atomic E-state index is 11.2. The molecule has 1 unspecified atom stereocenters. The quantitative estimate of drug-likeness (QED) is 0.401. The Morgan fingerprint density at radius 2 is 1.72 bits per heavy atom. The van der Waals surface area contributed by atoms with Gasteiger partial charge < -0.3 is 4.74 Å². The maximum Gasteiger partial charge on any atom is 0.312 e. The van der Waals surface area contributed by atoms with E-state index < -0.39 is 0 Å². The van der Waals surface area contributed by atoms with Crippen LogP contribution in [0.1, 0.15) is 62.8 Å². The highest BCUT2D eigenvalue weighted by molar-refractivity contribution is 7.09. The lowest BCUT2D eigenvalue weighted by molar-refractivity contribution is -0.141. The Morgan fingerprint density at radius 1 is 1.12 bits per heavy atom. The van der Waals surface area contributed by atoms with Crippen LogP contribution >= 0.6 is 22.9 Å². The van der Waals surface area contributed by atoms with Gasteiger partial charge >= 0.3 is 5.97 Å². The van der Waals surface area contributed by atoms with E-state index in [0.717, 1.165) is 5.56 Å². The van der Waals surface area contributed by atoms with Gasteiger partial charge in [-0.25, -0.2) is 0 Å². The van der Waals surface area contributed by atoms with Gasteiger partial charge in [0.1, 0.15) is 0 Å². The second kappa shape index (κ2) is 15.0. The highest BCUT2D eigenvalue weighted by atomic mass is 35.5. The number of hydrogen-bond acceptors (Lipinski definition) is 3. The van der Waals surface area contributed by atoms with E-state index in [9.17, 15) is 4.79 Å². The first-order valence-corrected chi connectivity index (χ1v) is 10.1. The van der Waals surface area contributed by atoms with Crippen LogP contribution in [0.5, 0.6) is 0 Å². The predicted octanol–water partition coefficient (Wildman–Crippen LogP) is 7.26. The van der Waals surface area contributed by atoms with Crippen LogP contribution in [0.4, 0.5) is 0 Å². The lowest BCUT2D eigenvalue weighted by atomic mass is 10.0. The molecule has 1 aromatic carbocycles. The van der Waals surface area contributed by atoms with Crippen molar-refractivity contribution >= 4 is 28.9 Å². The van der Waals surface area contributed by atoms with Crippen LogP contribution in [-0.4, -0.2) is 13.1 Å². The molecular weight excluding hydrogens is 352 g/mol. The molecule has 0 aliphatic carbocycles. The topological polar surface area (TPSA) is 26.3 Å². The van der Waals surface area contributed by atoms with E-state index in [4.69, 9.17) is 11.6 Å². The number of rotatable bonds is 5. The standard InChI is InChI=1S/C10H11ClO2.C6H14.C5H6S/c1-7(10(12)13-2)8-5-3-4-6-9(8)11;1-3-5-6-4-2;1-5-3-2-4-6-5/h3-7H,1-2H3;3-6H2,1-2H3;2-4H,1H3. The summed E-state index contributed by atoms with van der Waals surface area (Å²) in [5, 5.41) is 2.68. The molecule has 0 spiro atoms. The van der Waals surface area contributed by atoms with Gasteiger partial charge in [0.25, 0.3) is 0 Å². The zero-order chi connectivity index (χ0) is 19.1. The Bertz CT molecular complexity index is 563. The number of unbranched alkanes of at least 4 members (excludes halogenated alkanes) is 3. The Labute approximate surface area is 162 Å². The van der Waals surface area contributed by atoms with E-state index in [0.29, 0.717) is 5.02 Å². The molecule has 0 saturated heterocycles. The van der Waals surface area contributed by atoms with Crippen molar-refractivity contribution < 1.29 is 9.53 Å². The number of hydrogen-bond donors (Lipinski definition) is 0. The molecule has 25 heavy (non-hydrogen) atoms. The first-order valence-electron chi connectivity index (χ1n) is 8.80. The van der Waals surface area contributed by atoms with Gasteiger partial charge in [-0.3, -0.25) is 4.79 Å². The fraction of sp³-hybridized carbons (Fsp3) is 0.476. The van der Waals surface area contributed by atoms with E-state index in [2.05, 4.69) is 43.0 Å². The van der Waals surface area contributed by atoms with E-state index in [1.54, 1.807) is 24.3 Å². The smallest absolute Gasteiger partial charge is 0.312 e. The summed E-state index contributed by atoms with van der Waals surface area (Å²) in [7, 11) is 1.37. The van der Waals surface area contributed by atoms with Crippen LogP contribution in [0.2, 0.25) is 5.02 Å². The summed E-state index contributed by atoms with van der Waals surface area (Å²) in [4.78, 5) is 12.6. The second-order valence-electron chi connectivity index (χ2n) is 5.70. The minimum Gasteiger partial charge on any atom is -0.469 e. The lowest BCUT2D eigenvalue weighted by Crippen LogP contribution is -2.10. The number of esters is 1. The minimum atomic E-state index is -0.307. The Kier molecular flexibility index (Phi) is 14.2. The molecule has 140 valence electrons. The van der Waals surface area contributed by atoms with Crippen molar-refractivity contribution in [3.63, 3.8) is 0 Å². The van der Waals surface area contributed by atoms with Gasteiger partial charge in [-0.1, -0.05) is 75.4 Å². The molecule has 2 rings (SSSR count). The van der Waals surface area contributed by atoms with E-state index >= 15 is 0 Å². The van der Waals surface area contributed by atoms with Crippen LogP contribution in [0.15, 0.2) is 41.8 Å². The molecular formula is C21H31ClO2S. The molecule has 2 nitrogen and oxygen atoms in total. The molecule has 0 fully saturated rings. The number of halogens is 1. The summed E-state index contributed by atoms with van der Waals surface area (Å²) in [5.74, 6) is -0.577. The molecule has 0 radical (unpaired) electrons. The Hall–Kier alpha value is -1.32. The molecule has 1 atom stereocenters. The molecule has 0 bridgehead atoms. The Balaban J connectivity index is 0.000000399. The van der Waals surface area contributed by atoms with Crippen molar-refractivity contribution in [1.29, 1.82) is 0 Å². The summed E-state index contributed by atoms with van der Waals surface area (Å²) in [6.07, 6.45) is 5.54. The van der Waals surface area contributed by atoms with Crippen molar-refractivity contribution in [3.05, 3.63) is 57.2 Å². The number of aryl methyl sites for hydroxylation is 1. The molecule has 0 amide bonds. The van der Waals surface area contributed by atoms with Gasteiger partial charge in [0.15, 0.2) is 0 Å². The summed E-state index contributed by atoms with van der Waals surface area (Å²) in [5.41, 5.74) is 0.802.